The molecule has 0 unspecified atom stereocenters. The Kier molecular flexibility index (Phi) is 6.28. The van der Waals surface area contributed by atoms with E-state index >= 15 is 0 Å². The minimum absolute atomic E-state index is 0.0709. The molecule has 2 atom stereocenters. The highest BCUT2D eigenvalue weighted by molar-refractivity contribution is 9.10. The van der Waals surface area contributed by atoms with Crippen LogP contribution >= 0.6 is 28.1 Å². The Balaban J connectivity index is 1.67. The topological polar surface area (TPSA) is 50.5 Å². The molecule has 29 heavy (non-hydrogen) atoms. The monoisotopic (exact) mass is 471 g/mol. The lowest BCUT2D eigenvalue weighted by Crippen LogP contribution is -2.31. The molecule has 1 aliphatic rings. The van der Waals surface area contributed by atoms with Crippen LogP contribution in [0.5, 0.6) is 0 Å². The number of nitrogens with one attached hydrogen (secondary N) is 1. The minimum atomic E-state index is -0.0739. The highest BCUT2D eigenvalue weighted by Crippen LogP contribution is 2.40. The van der Waals surface area contributed by atoms with Crippen molar-refractivity contribution < 1.29 is 9.15 Å². The first-order chi connectivity index (χ1) is 14.2. The molecule has 0 spiro atoms. The number of hydrogen-bond donors (Lipinski definition) is 1. The van der Waals surface area contributed by atoms with Gasteiger partial charge in [0.25, 0.3) is 0 Å². The van der Waals surface area contributed by atoms with Crippen LogP contribution in [0.25, 0.3) is 11.3 Å². The summed E-state index contributed by atoms with van der Waals surface area (Å²) in [7, 11) is 1.71. The summed E-state index contributed by atoms with van der Waals surface area (Å²) in [6.45, 7) is 1.46. The van der Waals surface area contributed by atoms with Crippen LogP contribution in [0.3, 0.4) is 0 Å². The van der Waals surface area contributed by atoms with E-state index in [1.165, 1.54) is 0 Å². The van der Waals surface area contributed by atoms with Crippen LogP contribution in [-0.4, -0.2) is 35.3 Å². The summed E-state index contributed by atoms with van der Waals surface area (Å²) in [6, 6.07) is 17.9. The Morgan fingerprint density at radius 1 is 1.17 bits per heavy atom. The van der Waals surface area contributed by atoms with Gasteiger partial charge in [0.15, 0.2) is 5.11 Å². The Morgan fingerprint density at radius 3 is 2.72 bits per heavy atom. The van der Waals surface area contributed by atoms with Crippen molar-refractivity contribution in [3.63, 3.8) is 0 Å². The first-order valence-electron chi connectivity index (χ1n) is 9.50. The zero-order valence-electron chi connectivity index (χ0n) is 16.0. The maximum atomic E-state index is 6.31. The average Bonchev–Trinajstić information content (AvgIpc) is 3.34. The molecule has 2 aromatic heterocycles. The molecule has 1 aromatic carbocycles. The molecule has 3 heterocycles. The second-order valence-corrected chi connectivity index (χ2v) is 8.18. The third-order valence-electron chi connectivity index (χ3n) is 4.99. The molecule has 3 aromatic rings. The number of thiocarbonyl (C=S) groups is 1. The van der Waals surface area contributed by atoms with E-state index in [9.17, 15) is 0 Å². The minimum Gasteiger partial charge on any atom is -0.459 e. The third kappa shape index (κ3) is 4.37. The number of benzene rings is 1. The largest absolute Gasteiger partial charge is 0.459 e. The van der Waals surface area contributed by atoms with Gasteiger partial charge < -0.3 is 19.4 Å². The van der Waals surface area contributed by atoms with Crippen LogP contribution in [0.4, 0.5) is 0 Å². The first kappa shape index (κ1) is 20.1. The first-order valence-corrected chi connectivity index (χ1v) is 10.7. The molecule has 0 bridgehead atoms. The van der Waals surface area contributed by atoms with E-state index in [0.717, 1.165) is 40.2 Å². The van der Waals surface area contributed by atoms with E-state index in [4.69, 9.17) is 21.4 Å². The molecule has 1 fully saturated rings. The lowest BCUT2D eigenvalue weighted by molar-refractivity contribution is 0.177. The molecule has 0 radical (unpaired) electrons. The molecule has 1 saturated heterocycles. The number of nitrogens with zero attached hydrogens (tertiary/aromatic N) is 2. The Morgan fingerprint density at radius 2 is 2.00 bits per heavy atom. The van der Waals surface area contributed by atoms with E-state index in [2.05, 4.69) is 31.1 Å². The fourth-order valence-corrected chi connectivity index (χ4v) is 4.21. The lowest BCUT2D eigenvalue weighted by Gasteiger charge is -2.25. The molecule has 150 valence electrons. The highest BCUT2D eigenvalue weighted by Gasteiger charge is 2.41. The number of rotatable bonds is 7. The van der Waals surface area contributed by atoms with Gasteiger partial charge in [0.2, 0.25) is 0 Å². The molecular formula is C22H22BrN3O2S. The van der Waals surface area contributed by atoms with E-state index in [0.29, 0.717) is 11.7 Å². The van der Waals surface area contributed by atoms with Crippen molar-refractivity contribution >= 4 is 33.3 Å². The predicted molar refractivity (Wildman–Crippen MR) is 120 cm³/mol. The standard InChI is InChI=1S/C22H22BrN3O2S/c1-27-14-4-13-26-21(20(25-22(26)29)17-5-2-3-12-24-17)19-11-10-18(28-19)15-6-8-16(23)9-7-15/h2-3,5-12,20-21H,4,13-14H2,1H3,(H,25,29)/t20-,21+/m0/s1. The molecule has 4 rings (SSSR count). The second-order valence-electron chi connectivity index (χ2n) is 6.88. The van der Waals surface area contributed by atoms with Gasteiger partial charge in [-0.05, 0) is 55.0 Å². The van der Waals surface area contributed by atoms with Crippen LogP contribution in [-0.2, 0) is 4.74 Å². The predicted octanol–water partition coefficient (Wildman–Crippen LogP) is 5.11. The molecule has 1 aliphatic heterocycles. The average molecular weight is 472 g/mol. The lowest BCUT2D eigenvalue weighted by atomic mass is 10.0. The summed E-state index contributed by atoms with van der Waals surface area (Å²) in [6.07, 6.45) is 2.68. The summed E-state index contributed by atoms with van der Waals surface area (Å²) in [5, 5.41) is 4.15. The number of aromatic nitrogens is 1. The number of ether oxygens (including phenoxy) is 1. The van der Waals surface area contributed by atoms with E-state index in [-0.39, 0.29) is 12.1 Å². The van der Waals surface area contributed by atoms with Crippen LogP contribution in [0.1, 0.15) is 30.0 Å². The zero-order valence-corrected chi connectivity index (χ0v) is 18.4. The van der Waals surface area contributed by atoms with Gasteiger partial charge in [0, 0.05) is 36.5 Å². The van der Waals surface area contributed by atoms with Gasteiger partial charge in [-0.2, -0.15) is 0 Å². The summed E-state index contributed by atoms with van der Waals surface area (Å²) in [5.74, 6) is 1.70. The Hall–Kier alpha value is -2.22. The maximum absolute atomic E-state index is 6.31. The maximum Gasteiger partial charge on any atom is 0.170 e. The molecule has 5 nitrogen and oxygen atoms in total. The van der Waals surface area contributed by atoms with Crippen molar-refractivity contribution in [3.05, 3.63) is 76.7 Å². The SMILES string of the molecule is COCCCN1C(=S)N[C@@H](c2ccccn2)[C@H]1c1ccc(-c2ccc(Br)cc2)o1. The highest BCUT2D eigenvalue weighted by atomic mass is 79.9. The number of methoxy groups -OCH3 is 1. The normalized spacial score (nSPS) is 18.8. The molecule has 1 N–H and O–H groups in total. The van der Waals surface area contributed by atoms with Crippen molar-refractivity contribution in [1.29, 1.82) is 0 Å². The van der Waals surface area contributed by atoms with Gasteiger partial charge in [-0.1, -0.05) is 34.1 Å². The van der Waals surface area contributed by atoms with Gasteiger partial charge in [-0.3, -0.25) is 4.98 Å². The smallest absolute Gasteiger partial charge is 0.170 e. The van der Waals surface area contributed by atoms with E-state index < -0.39 is 0 Å². The van der Waals surface area contributed by atoms with Gasteiger partial charge in [-0.25, -0.2) is 0 Å². The fraction of sp³-hybridized carbons (Fsp3) is 0.273. The number of pyridine rings is 1. The van der Waals surface area contributed by atoms with Gasteiger partial charge >= 0.3 is 0 Å². The summed E-state index contributed by atoms with van der Waals surface area (Å²) < 4.78 is 12.6. The molecule has 0 saturated carbocycles. The van der Waals surface area contributed by atoms with Gasteiger partial charge in [-0.15, -0.1) is 0 Å². The van der Waals surface area contributed by atoms with Crippen molar-refractivity contribution in [2.75, 3.05) is 20.3 Å². The third-order valence-corrected chi connectivity index (χ3v) is 5.87. The fourth-order valence-electron chi connectivity index (χ4n) is 3.62. The van der Waals surface area contributed by atoms with Gasteiger partial charge in [0.05, 0.1) is 11.7 Å². The van der Waals surface area contributed by atoms with Gasteiger partial charge in [0.1, 0.15) is 17.6 Å². The molecule has 7 heteroatoms. The number of hydrogen-bond acceptors (Lipinski definition) is 4. The molecule has 0 amide bonds. The van der Waals surface area contributed by atoms with Crippen molar-refractivity contribution in [3.8, 4) is 11.3 Å². The second kappa shape index (κ2) is 9.07. The number of furan rings is 1. The van der Waals surface area contributed by atoms with Crippen molar-refractivity contribution in [2.24, 2.45) is 0 Å². The summed E-state index contributed by atoms with van der Waals surface area (Å²) in [4.78, 5) is 6.73. The van der Waals surface area contributed by atoms with Crippen molar-refractivity contribution in [1.82, 2.24) is 15.2 Å². The Bertz CT molecular complexity index is 962. The van der Waals surface area contributed by atoms with E-state index in [1.54, 1.807) is 13.3 Å². The molecular weight excluding hydrogens is 450 g/mol. The van der Waals surface area contributed by atoms with Crippen molar-refractivity contribution in [2.45, 2.75) is 18.5 Å². The van der Waals surface area contributed by atoms with E-state index in [1.807, 2.05) is 54.6 Å². The zero-order chi connectivity index (χ0) is 20.2. The number of halogens is 1. The van der Waals surface area contributed by atoms with Crippen LogP contribution < -0.4 is 5.32 Å². The van der Waals surface area contributed by atoms with Crippen LogP contribution in [0.2, 0.25) is 0 Å². The molecule has 0 aliphatic carbocycles. The quantitative estimate of drug-likeness (QED) is 0.381. The van der Waals surface area contributed by atoms with Crippen LogP contribution in [0.15, 0.2) is 69.7 Å². The summed E-state index contributed by atoms with van der Waals surface area (Å²) in [5.41, 5.74) is 1.98. The van der Waals surface area contributed by atoms with Crippen LogP contribution in [0, 0.1) is 0 Å². The Labute approximate surface area is 184 Å². The summed E-state index contributed by atoms with van der Waals surface area (Å²) >= 11 is 9.14.